The Morgan fingerprint density at radius 2 is 2.33 bits per heavy atom. The molecule has 9 nitrogen and oxygen atoms in total. The third-order valence-electron chi connectivity index (χ3n) is 2.64. The lowest BCUT2D eigenvalue weighted by Gasteiger charge is -2.01. The highest BCUT2D eigenvalue weighted by Crippen LogP contribution is 2.14. The van der Waals surface area contributed by atoms with Gasteiger partial charge in [-0.3, -0.25) is 4.79 Å². The number of hydrogen-bond acceptors (Lipinski definition) is 8. The fourth-order valence-corrected chi connectivity index (χ4v) is 2.23. The van der Waals surface area contributed by atoms with Crippen molar-refractivity contribution in [2.45, 2.75) is 5.16 Å². The van der Waals surface area contributed by atoms with Crippen molar-refractivity contribution >= 4 is 35.6 Å². The highest BCUT2D eigenvalue weighted by Gasteiger charge is 2.08. The van der Waals surface area contributed by atoms with Crippen LogP contribution < -0.4 is 10.7 Å². The Balaban J connectivity index is 1.45. The minimum atomic E-state index is -0.186. The predicted octanol–water partition coefficient (Wildman–Crippen LogP) is 1.97. The minimum absolute atomic E-state index is 0.170. The van der Waals surface area contributed by atoms with E-state index in [-0.39, 0.29) is 11.7 Å². The van der Waals surface area contributed by atoms with Gasteiger partial charge in [-0.1, -0.05) is 17.8 Å². The second kappa shape index (κ2) is 7.92. The third-order valence-corrected chi connectivity index (χ3v) is 3.48. The second-order valence-corrected chi connectivity index (χ2v) is 5.35. The van der Waals surface area contributed by atoms with Crippen molar-refractivity contribution < 1.29 is 9.21 Å². The predicted molar refractivity (Wildman–Crippen MR) is 89.9 cm³/mol. The second-order valence-electron chi connectivity index (χ2n) is 4.40. The SMILES string of the molecule is O=C(CSc1n[nH]c(N/N=C/c2ccco2)n1)Nc1ccccn1. The van der Waals surface area contributed by atoms with E-state index < -0.39 is 0 Å². The number of nitrogens with zero attached hydrogens (tertiary/aromatic N) is 4. The van der Waals surface area contributed by atoms with Gasteiger partial charge >= 0.3 is 0 Å². The van der Waals surface area contributed by atoms with E-state index in [9.17, 15) is 4.79 Å². The number of thioether (sulfide) groups is 1. The molecule has 3 aromatic heterocycles. The molecule has 0 unspecified atom stereocenters. The molecule has 0 aromatic carbocycles. The fraction of sp³-hybridized carbons (Fsp3) is 0.0714. The summed E-state index contributed by atoms with van der Waals surface area (Å²) in [5.74, 6) is 1.47. The first kappa shape index (κ1) is 15.7. The Hall–Kier alpha value is -3.14. The van der Waals surface area contributed by atoms with E-state index in [0.29, 0.717) is 22.7 Å². The van der Waals surface area contributed by atoms with Crippen molar-refractivity contribution in [2.75, 3.05) is 16.5 Å². The lowest BCUT2D eigenvalue weighted by Crippen LogP contribution is -2.14. The number of H-pyrrole nitrogens is 1. The van der Waals surface area contributed by atoms with Crippen molar-refractivity contribution in [3.05, 3.63) is 48.6 Å². The molecule has 24 heavy (non-hydrogen) atoms. The van der Waals surface area contributed by atoms with Crippen LogP contribution in [0.15, 0.2) is 57.5 Å². The molecule has 1 amide bonds. The van der Waals surface area contributed by atoms with Gasteiger partial charge in [0, 0.05) is 6.20 Å². The first-order chi connectivity index (χ1) is 11.8. The van der Waals surface area contributed by atoms with E-state index in [0.717, 1.165) is 0 Å². The van der Waals surface area contributed by atoms with Crippen LogP contribution >= 0.6 is 11.8 Å². The van der Waals surface area contributed by atoms with Crippen LogP contribution in [-0.2, 0) is 4.79 Å². The summed E-state index contributed by atoms with van der Waals surface area (Å²) in [6.07, 6.45) is 4.68. The standard InChI is InChI=1S/C14H13N7O2S/c22-12(17-11-5-1-2-6-15-11)9-24-14-18-13(20-21-14)19-16-8-10-4-3-7-23-10/h1-8H,9H2,(H,15,17,22)(H2,18,19,20,21)/b16-8+. The Labute approximate surface area is 141 Å². The van der Waals surface area contributed by atoms with Crippen LogP contribution in [-0.4, -0.2) is 38.0 Å². The first-order valence-corrected chi connectivity index (χ1v) is 7.87. The Bertz CT molecular complexity index is 802. The molecular formula is C14H13N7O2S. The van der Waals surface area contributed by atoms with Crippen LogP contribution in [0.3, 0.4) is 0 Å². The molecule has 122 valence electrons. The fourth-order valence-electron chi connectivity index (χ4n) is 1.63. The summed E-state index contributed by atoms with van der Waals surface area (Å²) in [6, 6.07) is 8.83. The van der Waals surface area contributed by atoms with Crippen molar-refractivity contribution in [1.82, 2.24) is 20.2 Å². The Morgan fingerprint density at radius 1 is 1.38 bits per heavy atom. The molecule has 3 N–H and O–H groups in total. The lowest BCUT2D eigenvalue weighted by atomic mass is 10.4. The summed E-state index contributed by atoms with van der Waals surface area (Å²) in [5, 5.41) is 13.7. The monoisotopic (exact) mass is 343 g/mol. The molecule has 3 heterocycles. The number of aromatic nitrogens is 4. The largest absolute Gasteiger partial charge is 0.463 e. The summed E-state index contributed by atoms with van der Waals surface area (Å²) in [5.41, 5.74) is 2.69. The molecule has 0 aliphatic heterocycles. The third kappa shape index (κ3) is 4.68. The zero-order valence-corrected chi connectivity index (χ0v) is 13.2. The van der Waals surface area contributed by atoms with Crippen LogP contribution in [0.2, 0.25) is 0 Å². The van der Waals surface area contributed by atoms with Gasteiger partial charge < -0.3 is 9.73 Å². The summed E-state index contributed by atoms with van der Waals surface area (Å²) in [4.78, 5) is 20.0. The molecule has 0 saturated heterocycles. The number of nitrogens with one attached hydrogen (secondary N) is 3. The summed E-state index contributed by atoms with van der Waals surface area (Å²) < 4.78 is 5.10. The van der Waals surface area contributed by atoms with Crippen molar-refractivity contribution in [3.8, 4) is 0 Å². The van der Waals surface area contributed by atoms with E-state index in [4.69, 9.17) is 4.42 Å². The Morgan fingerprint density at radius 3 is 3.12 bits per heavy atom. The maximum Gasteiger partial charge on any atom is 0.240 e. The van der Waals surface area contributed by atoms with Crippen LogP contribution in [0.25, 0.3) is 0 Å². The van der Waals surface area contributed by atoms with Crippen LogP contribution in [0.5, 0.6) is 0 Å². The number of furan rings is 1. The quantitative estimate of drug-likeness (QED) is 0.340. The number of hydrogen-bond donors (Lipinski definition) is 3. The molecule has 0 radical (unpaired) electrons. The van der Waals surface area contributed by atoms with E-state index in [2.05, 4.69) is 36.0 Å². The van der Waals surface area contributed by atoms with Gasteiger partial charge in [0.15, 0.2) is 0 Å². The Kier molecular flexibility index (Phi) is 5.20. The van der Waals surface area contributed by atoms with E-state index in [1.807, 2.05) is 0 Å². The van der Waals surface area contributed by atoms with Gasteiger partial charge in [-0.15, -0.1) is 5.10 Å². The number of aromatic amines is 1. The van der Waals surface area contributed by atoms with Gasteiger partial charge in [-0.2, -0.15) is 10.1 Å². The van der Waals surface area contributed by atoms with Crippen LogP contribution in [0.4, 0.5) is 11.8 Å². The molecule has 10 heteroatoms. The van der Waals surface area contributed by atoms with Gasteiger partial charge in [-0.25, -0.2) is 15.5 Å². The molecule has 0 aliphatic rings. The number of hydrazone groups is 1. The normalized spacial score (nSPS) is 10.8. The molecule has 0 atom stereocenters. The highest BCUT2D eigenvalue weighted by atomic mass is 32.2. The molecule has 0 fully saturated rings. The number of rotatable bonds is 7. The molecule has 0 aliphatic carbocycles. The molecule has 3 rings (SSSR count). The van der Waals surface area contributed by atoms with Crippen LogP contribution in [0.1, 0.15) is 5.76 Å². The van der Waals surface area contributed by atoms with Gasteiger partial charge in [0.05, 0.1) is 18.2 Å². The molecule has 3 aromatic rings. The van der Waals surface area contributed by atoms with Crippen molar-refractivity contribution in [3.63, 3.8) is 0 Å². The van der Waals surface area contributed by atoms with Gasteiger partial charge in [0.1, 0.15) is 11.6 Å². The molecule has 0 bridgehead atoms. The van der Waals surface area contributed by atoms with Gasteiger partial charge in [0.25, 0.3) is 0 Å². The number of carbonyl (C=O) groups is 1. The zero-order valence-electron chi connectivity index (χ0n) is 12.3. The lowest BCUT2D eigenvalue weighted by molar-refractivity contribution is -0.113. The number of carbonyl (C=O) groups excluding carboxylic acids is 1. The van der Waals surface area contributed by atoms with Crippen LogP contribution in [0, 0.1) is 0 Å². The topological polar surface area (TPSA) is 121 Å². The number of anilines is 2. The summed E-state index contributed by atoms with van der Waals surface area (Å²) >= 11 is 1.20. The zero-order chi connectivity index (χ0) is 16.6. The molecular weight excluding hydrogens is 330 g/mol. The summed E-state index contributed by atoms with van der Waals surface area (Å²) in [7, 11) is 0. The van der Waals surface area contributed by atoms with E-state index in [1.165, 1.54) is 18.0 Å². The minimum Gasteiger partial charge on any atom is -0.463 e. The van der Waals surface area contributed by atoms with E-state index >= 15 is 0 Å². The average Bonchev–Trinajstić information content (AvgIpc) is 3.26. The number of pyridine rings is 1. The van der Waals surface area contributed by atoms with Gasteiger partial charge in [0.2, 0.25) is 17.0 Å². The van der Waals surface area contributed by atoms with E-state index in [1.54, 1.807) is 42.8 Å². The maximum atomic E-state index is 11.8. The van der Waals surface area contributed by atoms with Gasteiger partial charge in [-0.05, 0) is 24.3 Å². The average molecular weight is 343 g/mol. The molecule has 0 spiro atoms. The van der Waals surface area contributed by atoms with Crippen molar-refractivity contribution in [1.29, 1.82) is 0 Å². The molecule has 0 saturated carbocycles. The number of amides is 1. The summed E-state index contributed by atoms with van der Waals surface area (Å²) in [6.45, 7) is 0. The maximum absolute atomic E-state index is 11.8. The van der Waals surface area contributed by atoms with Crippen molar-refractivity contribution in [2.24, 2.45) is 5.10 Å². The highest BCUT2D eigenvalue weighted by molar-refractivity contribution is 7.99. The first-order valence-electron chi connectivity index (χ1n) is 6.88. The smallest absolute Gasteiger partial charge is 0.240 e.